The van der Waals surface area contributed by atoms with Crippen molar-refractivity contribution in [3.63, 3.8) is 0 Å². The Balaban J connectivity index is 1.26. The van der Waals surface area contributed by atoms with E-state index in [0.29, 0.717) is 37.7 Å². The van der Waals surface area contributed by atoms with E-state index in [9.17, 15) is 18.4 Å². The van der Waals surface area contributed by atoms with Gasteiger partial charge in [-0.05, 0) is 24.3 Å². The number of amides is 2. The van der Waals surface area contributed by atoms with E-state index in [1.807, 2.05) is 17.0 Å². The number of para-hydroxylation sites is 2. The standard InChI is InChI=1S/C21H21F2N3O4/c22-14-5-6-15(23)16(11-14)24-20(27)12-25-7-9-26(10-8-25)21(28)19-13-29-17-3-1-2-4-18(17)30-19/h1-6,11,19H,7-10,12-13H2,(H,24,27)/t19-/m0/s1. The number of carbonyl (C=O) groups is 2. The van der Waals surface area contributed by atoms with E-state index >= 15 is 0 Å². The Kier molecular flexibility index (Phi) is 5.80. The van der Waals surface area contributed by atoms with E-state index in [1.165, 1.54) is 0 Å². The highest BCUT2D eigenvalue weighted by Crippen LogP contribution is 2.31. The molecule has 1 fully saturated rings. The van der Waals surface area contributed by atoms with Crippen LogP contribution in [-0.4, -0.2) is 67.0 Å². The van der Waals surface area contributed by atoms with Crippen LogP contribution in [0.2, 0.25) is 0 Å². The van der Waals surface area contributed by atoms with Crippen molar-refractivity contribution < 1.29 is 27.8 Å². The molecular weight excluding hydrogens is 396 g/mol. The summed E-state index contributed by atoms with van der Waals surface area (Å²) in [4.78, 5) is 28.4. The lowest BCUT2D eigenvalue weighted by Gasteiger charge is -2.36. The first-order valence-electron chi connectivity index (χ1n) is 9.64. The summed E-state index contributed by atoms with van der Waals surface area (Å²) in [6, 6.07) is 10.1. The highest BCUT2D eigenvalue weighted by Gasteiger charge is 2.32. The van der Waals surface area contributed by atoms with Gasteiger partial charge in [0.25, 0.3) is 5.91 Å². The zero-order chi connectivity index (χ0) is 21.1. The van der Waals surface area contributed by atoms with Gasteiger partial charge in [-0.2, -0.15) is 0 Å². The molecule has 2 heterocycles. The Morgan fingerprint density at radius 1 is 1.03 bits per heavy atom. The average Bonchev–Trinajstić information content (AvgIpc) is 2.76. The van der Waals surface area contributed by atoms with Crippen molar-refractivity contribution in [1.29, 1.82) is 0 Å². The Hall–Kier alpha value is -3.20. The molecule has 2 aromatic rings. The fourth-order valence-electron chi connectivity index (χ4n) is 3.46. The molecule has 2 aliphatic heterocycles. The van der Waals surface area contributed by atoms with Crippen LogP contribution in [0, 0.1) is 11.6 Å². The van der Waals surface area contributed by atoms with Crippen molar-refractivity contribution >= 4 is 17.5 Å². The monoisotopic (exact) mass is 417 g/mol. The summed E-state index contributed by atoms with van der Waals surface area (Å²) < 4.78 is 38.3. The van der Waals surface area contributed by atoms with Gasteiger partial charge in [0.15, 0.2) is 11.5 Å². The highest BCUT2D eigenvalue weighted by atomic mass is 19.1. The van der Waals surface area contributed by atoms with Crippen molar-refractivity contribution in [2.24, 2.45) is 0 Å². The van der Waals surface area contributed by atoms with Crippen molar-refractivity contribution in [1.82, 2.24) is 9.80 Å². The summed E-state index contributed by atoms with van der Waals surface area (Å²) in [6.45, 7) is 2.00. The van der Waals surface area contributed by atoms with Crippen molar-refractivity contribution in [2.45, 2.75) is 6.10 Å². The van der Waals surface area contributed by atoms with Gasteiger partial charge in [-0.3, -0.25) is 14.5 Å². The topological polar surface area (TPSA) is 71.1 Å². The molecule has 30 heavy (non-hydrogen) atoms. The molecule has 0 aliphatic carbocycles. The number of ether oxygens (including phenoxy) is 2. The summed E-state index contributed by atoms with van der Waals surface area (Å²) in [5.41, 5.74) is -0.191. The third kappa shape index (κ3) is 4.51. The number of benzene rings is 2. The number of carbonyl (C=O) groups excluding carboxylic acids is 2. The van der Waals surface area contributed by atoms with Crippen LogP contribution in [0.25, 0.3) is 0 Å². The molecule has 0 radical (unpaired) electrons. The second-order valence-corrected chi connectivity index (χ2v) is 7.14. The molecule has 1 saturated heterocycles. The molecule has 2 aromatic carbocycles. The summed E-state index contributed by atoms with van der Waals surface area (Å²) in [5.74, 6) is -0.767. The van der Waals surface area contributed by atoms with Gasteiger partial charge < -0.3 is 19.7 Å². The second kappa shape index (κ2) is 8.66. The Morgan fingerprint density at radius 2 is 1.77 bits per heavy atom. The SMILES string of the molecule is O=C(CN1CCN(C(=O)[C@@H]2COc3ccccc3O2)CC1)Nc1cc(F)ccc1F. The van der Waals surface area contributed by atoms with E-state index in [2.05, 4.69) is 5.32 Å². The molecule has 0 saturated carbocycles. The number of anilines is 1. The third-order valence-electron chi connectivity index (χ3n) is 5.04. The van der Waals surface area contributed by atoms with Gasteiger partial charge in [-0.15, -0.1) is 0 Å². The van der Waals surface area contributed by atoms with Gasteiger partial charge in [0.05, 0.1) is 12.2 Å². The minimum absolute atomic E-state index is 0.0222. The lowest BCUT2D eigenvalue weighted by atomic mass is 10.2. The number of halogens is 2. The molecule has 0 spiro atoms. The van der Waals surface area contributed by atoms with Gasteiger partial charge in [0.1, 0.15) is 18.2 Å². The van der Waals surface area contributed by atoms with E-state index in [4.69, 9.17) is 9.47 Å². The number of fused-ring (bicyclic) bond motifs is 1. The van der Waals surface area contributed by atoms with Gasteiger partial charge in [0, 0.05) is 32.2 Å². The Bertz CT molecular complexity index is 948. The molecule has 158 valence electrons. The zero-order valence-corrected chi connectivity index (χ0v) is 16.1. The van der Waals surface area contributed by atoms with Crippen molar-refractivity contribution in [3.05, 3.63) is 54.1 Å². The molecule has 0 unspecified atom stereocenters. The molecule has 9 heteroatoms. The summed E-state index contributed by atoms with van der Waals surface area (Å²) in [7, 11) is 0. The number of hydrogen-bond donors (Lipinski definition) is 1. The van der Waals surface area contributed by atoms with Gasteiger partial charge >= 0.3 is 0 Å². The van der Waals surface area contributed by atoms with Crippen molar-refractivity contribution in [3.8, 4) is 11.5 Å². The number of rotatable bonds is 4. The first-order chi connectivity index (χ1) is 14.5. The molecule has 0 bridgehead atoms. The summed E-state index contributed by atoms with van der Waals surface area (Å²) in [5, 5.41) is 2.38. The Morgan fingerprint density at radius 3 is 2.53 bits per heavy atom. The molecule has 2 aliphatic rings. The molecule has 4 rings (SSSR count). The fraction of sp³-hybridized carbons (Fsp3) is 0.333. The number of hydrogen-bond acceptors (Lipinski definition) is 5. The van der Waals surface area contributed by atoms with Crippen LogP contribution >= 0.6 is 0 Å². The maximum absolute atomic E-state index is 13.7. The lowest BCUT2D eigenvalue weighted by Crippen LogP contribution is -2.54. The lowest BCUT2D eigenvalue weighted by molar-refractivity contribution is -0.143. The predicted molar refractivity (Wildman–Crippen MR) is 104 cm³/mol. The normalized spacial score (nSPS) is 18.7. The molecule has 7 nitrogen and oxygen atoms in total. The summed E-state index contributed by atoms with van der Waals surface area (Å²) >= 11 is 0. The molecular formula is C21H21F2N3O4. The first-order valence-corrected chi connectivity index (χ1v) is 9.64. The molecule has 1 atom stereocenters. The number of piperazine rings is 1. The predicted octanol–water partition coefficient (Wildman–Crippen LogP) is 1.89. The van der Waals surface area contributed by atoms with Crippen molar-refractivity contribution in [2.75, 3.05) is 44.6 Å². The number of nitrogens with zero attached hydrogens (tertiary/aromatic N) is 2. The van der Waals surface area contributed by atoms with Crippen LogP contribution in [0.4, 0.5) is 14.5 Å². The minimum Gasteiger partial charge on any atom is -0.485 e. The summed E-state index contributed by atoms with van der Waals surface area (Å²) in [6.07, 6.45) is -0.703. The quantitative estimate of drug-likeness (QED) is 0.823. The minimum atomic E-state index is -0.703. The van der Waals surface area contributed by atoms with Crippen LogP contribution in [0.15, 0.2) is 42.5 Å². The maximum Gasteiger partial charge on any atom is 0.267 e. The molecule has 2 amide bonds. The van der Waals surface area contributed by atoms with E-state index in [1.54, 1.807) is 17.0 Å². The Labute approximate surface area is 172 Å². The maximum atomic E-state index is 13.7. The smallest absolute Gasteiger partial charge is 0.267 e. The number of nitrogens with one attached hydrogen (secondary N) is 1. The van der Waals surface area contributed by atoms with Crippen LogP contribution in [0.3, 0.4) is 0 Å². The molecule has 0 aromatic heterocycles. The molecule has 1 N–H and O–H groups in total. The van der Waals surface area contributed by atoms with Crippen LogP contribution in [-0.2, 0) is 9.59 Å². The van der Waals surface area contributed by atoms with Gasteiger partial charge in [-0.1, -0.05) is 12.1 Å². The van der Waals surface area contributed by atoms with Crippen LogP contribution in [0.5, 0.6) is 11.5 Å². The van der Waals surface area contributed by atoms with E-state index in [-0.39, 0.29) is 24.7 Å². The first kappa shape index (κ1) is 20.1. The van der Waals surface area contributed by atoms with Gasteiger partial charge in [-0.25, -0.2) is 8.78 Å². The average molecular weight is 417 g/mol. The van der Waals surface area contributed by atoms with E-state index < -0.39 is 23.6 Å². The van der Waals surface area contributed by atoms with E-state index in [0.717, 1.165) is 18.2 Å². The third-order valence-corrected chi connectivity index (χ3v) is 5.04. The van der Waals surface area contributed by atoms with Gasteiger partial charge in [0.2, 0.25) is 12.0 Å². The zero-order valence-electron chi connectivity index (χ0n) is 16.1. The highest BCUT2D eigenvalue weighted by molar-refractivity contribution is 5.92. The second-order valence-electron chi connectivity index (χ2n) is 7.14. The largest absolute Gasteiger partial charge is 0.485 e. The van der Waals surface area contributed by atoms with Crippen LogP contribution < -0.4 is 14.8 Å². The fourth-order valence-corrected chi connectivity index (χ4v) is 3.46. The van der Waals surface area contributed by atoms with Crippen LogP contribution in [0.1, 0.15) is 0 Å².